The minimum atomic E-state index is -0.226. The van der Waals surface area contributed by atoms with Crippen LogP contribution in [0.4, 0.5) is 4.39 Å². The molecule has 120 valence electrons. The summed E-state index contributed by atoms with van der Waals surface area (Å²) < 4.78 is 12.8. The third-order valence-corrected chi connectivity index (χ3v) is 4.15. The van der Waals surface area contributed by atoms with Gasteiger partial charge in [0.2, 0.25) is 0 Å². The first-order valence-corrected chi connectivity index (χ1v) is 7.52. The second kappa shape index (κ2) is 9.04. The summed E-state index contributed by atoms with van der Waals surface area (Å²) in [5.41, 5.74) is 2.08. The van der Waals surface area contributed by atoms with Crippen LogP contribution in [0.5, 0.6) is 0 Å². The molecular weight excluding hydrogens is 414 g/mol. The maximum absolute atomic E-state index is 12.8. The lowest BCUT2D eigenvalue weighted by Gasteiger charge is -2.10. The Kier molecular flexibility index (Phi) is 7.74. The minimum absolute atomic E-state index is 0. The lowest BCUT2D eigenvalue weighted by atomic mass is 10.2. The molecule has 22 heavy (non-hydrogen) atoms. The van der Waals surface area contributed by atoms with Gasteiger partial charge in [-0.3, -0.25) is 4.99 Å². The molecule has 0 fully saturated rings. The molecule has 2 aromatic rings. The number of aryl methyl sites for hydroxylation is 2. The van der Waals surface area contributed by atoms with Crippen LogP contribution in [0.3, 0.4) is 0 Å². The molecule has 0 aliphatic carbocycles. The van der Waals surface area contributed by atoms with E-state index in [1.54, 1.807) is 30.5 Å². The van der Waals surface area contributed by atoms with Gasteiger partial charge in [-0.05, 0) is 31.5 Å². The van der Waals surface area contributed by atoms with Crippen molar-refractivity contribution in [1.29, 1.82) is 0 Å². The van der Waals surface area contributed by atoms with Crippen LogP contribution in [0.25, 0.3) is 0 Å². The van der Waals surface area contributed by atoms with Crippen molar-refractivity contribution in [2.75, 3.05) is 7.05 Å². The monoisotopic (exact) mass is 434 g/mol. The molecule has 0 amide bonds. The maximum atomic E-state index is 12.8. The van der Waals surface area contributed by atoms with Crippen molar-refractivity contribution in [2.24, 2.45) is 4.99 Å². The van der Waals surface area contributed by atoms with Gasteiger partial charge >= 0.3 is 0 Å². The fraction of sp³-hybridized carbons (Fsp3) is 0.333. The highest BCUT2D eigenvalue weighted by atomic mass is 127. The van der Waals surface area contributed by atoms with Crippen molar-refractivity contribution < 1.29 is 4.39 Å². The van der Waals surface area contributed by atoms with Crippen molar-refractivity contribution in [3.05, 3.63) is 51.2 Å². The molecule has 0 radical (unpaired) electrons. The van der Waals surface area contributed by atoms with E-state index in [2.05, 4.69) is 27.5 Å². The van der Waals surface area contributed by atoms with E-state index in [-0.39, 0.29) is 29.8 Å². The molecule has 1 heterocycles. The van der Waals surface area contributed by atoms with E-state index in [0.29, 0.717) is 19.0 Å². The Morgan fingerprint density at radius 2 is 1.82 bits per heavy atom. The molecule has 2 rings (SSSR count). The Morgan fingerprint density at radius 1 is 1.18 bits per heavy atom. The molecule has 0 spiro atoms. The fourth-order valence-electron chi connectivity index (χ4n) is 1.78. The van der Waals surface area contributed by atoms with E-state index in [9.17, 15) is 4.39 Å². The third kappa shape index (κ3) is 5.53. The van der Waals surface area contributed by atoms with Crippen molar-refractivity contribution in [3.63, 3.8) is 0 Å². The van der Waals surface area contributed by atoms with Gasteiger partial charge in [0.1, 0.15) is 10.8 Å². The number of halogens is 2. The fourth-order valence-corrected chi connectivity index (χ4v) is 2.66. The molecule has 0 bridgehead atoms. The predicted octanol–water partition coefficient (Wildman–Crippen LogP) is 3.38. The van der Waals surface area contributed by atoms with Crippen LogP contribution in [0.1, 0.15) is 21.1 Å². The van der Waals surface area contributed by atoms with E-state index in [0.717, 1.165) is 16.3 Å². The Morgan fingerprint density at radius 3 is 2.36 bits per heavy atom. The molecule has 0 unspecified atom stereocenters. The highest BCUT2D eigenvalue weighted by Gasteiger charge is 2.04. The van der Waals surface area contributed by atoms with Crippen LogP contribution in [0.2, 0.25) is 0 Å². The Bertz CT molecular complexity index is 605. The Labute approximate surface area is 151 Å². The van der Waals surface area contributed by atoms with E-state index in [1.165, 1.54) is 17.0 Å². The summed E-state index contributed by atoms with van der Waals surface area (Å²) in [6, 6.07) is 6.41. The largest absolute Gasteiger partial charge is 0.352 e. The second-order valence-electron chi connectivity index (χ2n) is 4.65. The van der Waals surface area contributed by atoms with Gasteiger partial charge in [-0.2, -0.15) is 0 Å². The standard InChI is InChI=1S/C15H19FN4S.HI/c1-10-11(2)21-14(20-10)9-19-15(17-3)18-8-12-4-6-13(16)7-5-12;/h4-7H,8-9H2,1-3H3,(H2,17,18,19);1H. The minimum Gasteiger partial charge on any atom is -0.352 e. The molecule has 0 atom stereocenters. The molecule has 1 aromatic carbocycles. The molecule has 4 nitrogen and oxygen atoms in total. The van der Waals surface area contributed by atoms with Gasteiger partial charge < -0.3 is 10.6 Å². The lowest BCUT2D eigenvalue weighted by Crippen LogP contribution is -2.36. The summed E-state index contributed by atoms with van der Waals surface area (Å²) in [6.07, 6.45) is 0. The number of hydrogen-bond donors (Lipinski definition) is 2. The smallest absolute Gasteiger partial charge is 0.191 e. The molecule has 0 saturated carbocycles. The quantitative estimate of drug-likeness (QED) is 0.441. The topological polar surface area (TPSA) is 49.3 Å². The second-order valence-corrected chi connectivity index (χ2v) is 5.94. The molecule has 0 aliphatic heterocycles. The number of thiazole rings is 1. The number of hydrogen-bond acceptors (Lipinski definition) is 3. The van der Waals surface area contributed by atoms with Crippen LogP contribution in [0, 0.1) is 19.7 Å². The summed E-state index contributed by atoms with van der Waals surface area (Å²) in [7, 11) is 1.72. The van der Waals surface area contributed by atoms with Gasteiger partial charge in [0.25, 0.3) is 0 Å². The summed E-state index contributed by atoms with van der Waals surface area (Å²) >= 11 is 1.68. The Balaban J connectivity index is 0.00000242. The van der Waals surface area contributed by atoms with E-state index < -0.39 is 0 Å². The highest BCUT2D eigenvalue weighted by Crippen LogP contribution is 2.15. The number of nitrogens with one attached hydrogen (secondary N) is 2. The molecule has 7 heteroatoms. The van der Waals surface area contributed by atoms with Crippen molar-refractivity contribution in [3.8, 4) is 0 Å². The van der Waals surface area contributed by atoms with Crippen molar-refractivity contribution >= 4 is 41.3 Å². The van der Waals surface area contributed by atoms with Gasteiger partial charge in [-0.1, -0.05) is 12.1 Å². The summed E-state index contributed by atoms with van der Waals surface area (Å²) in [6.45, 7) is 5.31. The van der Waals surface area contributed by atoms with Gasteiger partial charge in [0.15, 0.2) is 5.96 Å². The lowest BCUT2D eigenvalue weighted by molar-refractivity contribution is 0.626. The van der Waals surface area contributed by atoms with Crippen LogP contribution < -0.4 is 10.6 Å². The SMILES string of the molecule is CN=C(NCc1ccc(F)cc1)NCc1nc(C)c(C)s1.I. The van der Waals surface area contributed by atoms with Crippen molar-refractivity contribution in [2.45, 2.75) is 26.9 Å². The number of nitrogens with zero attached hydrogens (tertiary/aromatic N) is 2. The first kappa shape index (κ1) is 18.8. The number of guanidine groups is 1. The van der Waals surface area contributed by atoms with Crippen LogP contribution in [-0.4, -0.2) is 18.0 Å². The normalized spacial score (nSPS) is 11.0. The zero-order valence-corrected chi connectivity index (χ0v) is 16.0. The average Bonchev–Trinajstić information content (AvgIpc) is 2.80. The predicted molar refractivity (Wildman–Crippen MR) is 100 cm³/mol. The molecule has 0 aliphatic rings. The van der Waals surface area contributed by atoms with Crippen LogP contribution in [0.15, 0.2) is 29.3 Å². The van der Waals surface area contributed by atoms with Crippen LogP contribution >= 0.6 is 35.3 Å². The van der Waals surface area contributed by atoms with E-state index in [4.69, 9.17) is 0 Å². The van der Waals surface area contributed by atoms with Gasteiger partial charge in [0.05, 0.1) is 12.2 Å². The first-order valence-electron chi connectivity index (χ1n) is 6.70. The summed E-state index contributed by atoms with van der Waals surface area (Å²) in [4.78, 5) is 9.88. The molecule has 2 N–H and O–H groups in total. The number of rotatable bonds is 4. The summed E-state index contributed by atoms with van der Waals surface area (Å²) in [5.74, 6) is 0.473. The maximum Gasteiger partial charge on any atom is 0.191 e. The Hall–Kier alpha value is -1.22. The van der Waals surface area contributed by atoms with Crippen molar-refractivity contribution in [1.82, 2.24) is 15.6 Å². The first-order chi connectivity index (χ1) is 10.1. The molecular formula is C15H20FIN4S. The average molecular weight is 434 g/mol. The number of aromatic nitrogens is 1. The zero-order chi connectivity index (χ0) is 15.2. The summed E-state index contributed by atoms with van der Waals surface area (Å²) in [5, 5.41) is 7.45. The van der Waals surface area contributed by atoms with E-state index in [1.807, 2.05) is 6.92 Å². The number of aliphatic imine (C=N–C) groups is 1. The third-order valence-electron chi connectivity index (χ3n) is 3.08. The van der Waals surface area contributed by atoms with Gasteiger partial charge in [-0.25, -0.2) is 9.37 Å². The van der Waals surface area contributed by atoms with Gasteiger partial charge in [-0.15, -0.1) is 35.3 Å². The van der Waals surface area contributed by atoms with Gasteiger partial charge in [0, 0.05) is 18.5 Å². The zero-order valence-electron chi connectivity index (χ0n) is 12.8. The number of benzene rings is 1. The molecule has 0 saturated heterocycles. The van der Waals surface area contributed by atoms with E-state index >= 15 is 0 Å². The highest BCUT2D eigenvalue weighted by molar-refractivity contribution is 14.0. The molecule has 1 aromatic heterocycles. The van der Waals surface area contributed by atoms with Crippen LogP contribution in [-0.2, 0) is 13.1 Å².